The fourth-order valence-electron chi connectivity index (χ4n) is 2.72. The van der Waals surface area contributed by atoms with E-state index in [4.69, 9.17) is 4.74 Å². The second-order valence-electron chi connectivity index (χ2n) is 5.39. The van der Waals surface area contributed by atoms with Crippen molar-refractivity contribution in [2.45, 2.75) is 6.42 Å². The molecule has 0 bridgehead atoms. The van der Waals surface area contributed by atoms with E-state index in [1.54, 1.807) is 36.3 Å². The highest BCUT2D eigenvalue weighted by Gasteiger charge is 2.37. The Morgan fingerprint density at radius 2 is 1.96 bits per heavy atom. The van der Waals surface area contributed by atoms with Gasteiger partial charge in [-0.2, -0.15) is 0 Å². The SMILES string of the molecule is COc1cccc(NC(=O)[C@H]2CCN(c3ccccc3)C2=O)c1. The lowest BCUT2D eigenvalue weighted by Gasteiger charge is -2.16. The normalized spacial score (nSPS) is 17.2. The first-order chi connectivity index (χ1) is 11.2. The summed E-state index contributed by atoms with van der Waals surface area (Å²) >= 11 is 0. The van der Waals surface area contributed by atoms with Crippen molar-refractivity contribution in [3.8, 4) is 5.75 Å². The minimum absolute atomic E-state index is 0.156. The summed E-state index contributed by atoms with van der Waals surface area (Å²) in [6.45, 7) is 0.555. The van der Waals surface area contributed by atoms with E-state index in [0.717, 1.165) is 5.69 Å². The second-order valence-corrected chi connectivity index (χ2v) is 5.39. The van der Waals surface area contributed by atoms with Gasteiger partial charge in [0.25, 0.3) is 0 Å². The molecule has 2 aromatic rings. The number of ether oxygens (including phenoxy) is 1. The van der Waals surface area contributed by atoms with E-state index >= 15 is 0 Å². The number of nitrogens with zero attached hydrogens (tertiary/aromatic N) is 1. The van der Waals surface area contributed by atoms with Crippen LogP contribution in [0.25, 0.3) is 0 Å². The average molecular weight is 310 g/mol. The molecule has 5 heteroatoms. The molecule has 5 nitrogen and oxygen atoms in total. The van der Waals surface area contributed by atoms with Gasteiger partial charge in [-0.05, 0) is 30.7 Å². The lowest BCUT2D eigenvalue weighted by molar-refractivity contribution is -0.129. The lowest BCUT2D eigenvalue weighted by atomic mass is 10.1. The van der Waals surface area contributed by atoms with Gasteiger partial charge in [0, 0.05) is 24.0 Å². The van der Waals surface area contributed by atoms with Crippen LogP contribution in [-0.4, -0.2) is 25.5 Å². The molecule has 1 aliphatic heterocycles. The van der Waals surface area contributed by atoms with Gasteiger partial charge in [0.15, 0.2) is 0 Å². The Balaban J connectivity index is 1.70. The van der Waals surface area contributed by atoms with Crippen LogP contribution in [0.1, 0.15) is 6.42 Å². The summed E-state index contributed by atoms with van der Waals surface area (Å²) in [6, 6.07) is 16.5. The van der Waals surface area contributed by atoms with Crippen LogP contribution in [0.15, 0.2) is 54.6 Å². The lowest BCUT2D eigenvalue weighted by Crippen LogP contribution is -2.33. The van der Waals surface area contributed by atoms with E-state index in [-0.39, 0.29) is 11.8 Å². The molecule has 0 radical (unpaired) electrons. The number of hydrogen-bond acceptors (Lipinski definition) is 3. The molecule has 118 valence electrons. The molecular formula is C18H18N2O3. The molecule has 2 amide bonds. The second kappa shape index (κ2) is 6.52. The van der Waals surface area contributed by atoms with Gasteiger partial charge in [-0.15, -0.1) is 0 Å². The van der Waals surface area contributed by atoms with Crippen molar-refractivity contribution < 1.29 is 14.3 Å². The van der Waals surface area contributed by atoms with Crippen LogP contribution >= 0.6 is 0 Å². The van der Waals surface area contributed by atoms with Crippen LogP contribution in [-0.2, 0) is 9.59 Å². The van der Waals surface area contributed by atoms with Gasteiger partial charge in [-0.3, -0.25) is 9.59 Å². The van der Waals surface area contributed by atoms with E-state index < -0.39 is 5.92 Å². The number of anilines is 2. The van der Waals surface area contributed by atoms with Crippen molar-refractivity contribution in [3.05, 3.63) is 54.6 Å². The van der Waals surface area contributed by atoms with E-state index in [0.29, 0.717) is 24.4 Å². The molecule has 0 saturated carbocycles. The Morgan fingerprint density at radius 1 is 1.17 bits per heavy atom. The molecule has 0 unspecified atom stereocenters. The first kappa shape index (κ1) is 15.1. The average Bonchev–Trinajstić information content (AvgIpc) is 2.97. The molecule has 1 aliphatic rings. The van der Waals surface area contributed by atoms with Crippen molar-refractivity contribution >= 4 is 23.2 Å². The Kier molecular flexibility index (Phi) is 4.28. The highest BCUT2D eigenvalue weighted by Crippen LogP contribution is 2.26. The zero-order valence-electron chi connectivity index (χ0n) is 12.9. The Bertz CT molecular complexity index is 715. The molecule has 3 rings (SSSR count). The number of carbonyl (C=O) groups is 2. The highest BCUT2D eigenvalue weighted by atomic mass is 16.5. The molecule has 0 spiro atoms. The van der Waals surface area contributed by atoms with Crippen molar-refractivity contribution in [3.63, 3.8) is 0 Å². The van der Waals surface area contributed by atoms with Crippen molar-refractivity contribution in [2.75, 3.05) is 23.9 Å². The van der Waals surface area contributed by atoms with Crippen LogP contribution < -0.4 is 15.0 Å². The first-order valence-corrected chi connectivity index (χ1v) is 7.50. The molecule has 1 N–H and O–H groups in total. The third-order valence-electron chi connectivity index (χ3n) is 3.93. The highest BCUT2D eigenvalue weighted by molar-refractivity contribution is 6.13. The number of nitrogens with one attached hydrogen (secondary N) is 1. The summed E-state index contributed by atoms with van der Waals surface area (Å²) in [4.78, 5) is 26.6. The summed E-state index contributed by atoms with van der Waals surface area (Å²) in [6.07, 6.45) is 0.517. The minimum atomic E-state index is -0.651. The quantitative estimate of drug-likeness (QED) is 0.883. The van der Waals surface area contributed by atoms with Gasteiger partial charge in [0.2, 0.25) is 11.8 Å². The third-order valence-corrected chi connectivity index (χ3v) is 3.93. The predicted molar refractivity (Wildman–Crippen MR) is 88.5 cm³/mol. The smallest absolute Gasteiger partial charge is 0.239 e. The summed E-state index contributed by atoms with van der Waals surface area (Å²) < 4.78 is 5.13. The molecule has 1 atom stereocenters. The molecule has 1 fully saturated rings. The summed E-state index contributed by atoms with van der Waals surface area (Å²) in [5.74, 6) is -0.425. The monoisotopic (exact) mass is 310 g/mol. The van der Waals surface area contributed by atoms with Crippen molar-refractivity contribution in [2.24, 2.45) is 5.92 Å². The van der Waals surface area contributed by atoms with Gasteiger partial charge < -0.3 is 15.0 Å². The van der Waals surface area contributed by atoms with Crippen molar-refractivity contribution in [1.29, 1.82) is 0 Å². The summed E-state index contributed by atoms with van der Waals surface area (Å²) in [7, 11) is 1.57. The number of rotatable bonds is 4. The van der Waals surface area contributed by atoms with E-state index in [1.807, 2.05) is 30.3 Å². The fourth-order valence-corrected chi connectivity index (χ4v) is 2.72. The van der Waals surface area contributed by atoms with Crippen LogP contribution in [0.3, 0.4) is 0 Å². The number of carbonyl (C=O) groups excluding carboxylic acids is 2. The molecule has 1 heterocycles. The van der Waals surface area contributed by atoms with Gasteiger partial charge in [-0.1, -0.05) is 24.3 Å². The fraction of sp³-hybridized carbons (Fsp3) is 0.222. The number of amides is 2. The number of methoxy groups -OCH3 is 1. The maximum Gasteiger partial charge on any atom is 0.239 e. The first-order valence-electron chi connectivity index (χ1n) is 7.50. The number of benzene rings is 2. The predicted octanol–water partition coefficient (Wildman–Crippen LogP) is 2.69. The maximum absolute atomic E-state index is 12.5. The minimum Gasteiger partial charge on any atom is -0.497 e. The molecule has 23 heavy (non-hydrogen) atoms. The zero-order valence-corrected chi connectivity index (χ0v) is 12.9. The molecule has 2 aromatic carbocycles. The Labute approximate surface area is 134 Å². The zero-order chi connectivity index (χ0) is 16.2. The van der Waals surface area contributed by atoms with Gasteiger partial charge in [-0.25, -0.2) is 0 Å². The summed E-state index contributed by atoms with van der Waals surface area (Å²) in [5.41, 5.74) is 1.45. The van der Waals surface area contributed by atoms with Gasteiger partial charge >= 0.3 is 0 Å². The van der Waals surface area contributed by atoms with Crippen LogP contribution in [0.5, 0.6) is 5.75 Å². The molecular weight excluding hydrogens is 292 g/mol. The van der Waals surface area contributed by atoms with Crippen LogP contribution in [0.4, 0.5) is 11.4 Å². The molecule has 0 aromatic heterocycles. The molecule has 0 aliphatic carbocycles. The topological polar surface area (TPSA) is 58.6 Å². The van der Waals surface area contributed by atoms with E-state index in [2.05, 4.69) is 5.32 Å². The molecule has 1 saturated heterocycles. The van der Waals surface area contributed by atoms with E-state index in [9.17, 15) is 9.59 Å². The van der Waals surface area contributed by atoms with Crippen LogP contribution in [0.2, 0.25) is 0 Å². The number of hydrogen-bond donors (Lipinski definition) is 1. The number of para-hydroxylation sites is 1. The van der Waals surface area contributed by atoms with Gasteiger partial charge in [0.05, 0.1) is 7.11 Å². The Morgan fingerprint density at radius 3 is 2.70 bits per heavy atom. The largest absolute Gasteiger partial charge is 0.497 e. The summed E-state index contributed by atoms with van der Waals surface area (Å²) in [5, 5.41) is 2.79. The maximum atomic E-state index is 12.5. The standard InChI is InChI=1S/C18H18N2O3/c1-23-15-9-5-6-13(12-15)19-17(21)16-10-11-20(18(16)22)14-7-3-2-4-8-14/h2-9,12,16H,10-11H2,1H3,(H,19,21)/t16-/m1/s1. The van der Waals surface area contributed by atoms with Crippen molar-refractivity contribution in [1.82, 2.24) is 0 Å². The van der Waals surface area contributed by atoms with Gasteiger partial charge in [0.1, 0.15) is 11.7 Å². The Hall–Kier alpha value is -2.82. The third kappa shape index (κ3) is 3.18. The van der Waals surface area contributed by atoms with Crippen LogP contribution in [0, 0.1) is 5.92 Å². The van der Waals surface area contributed by atoms with E-state index in [1.165, 1.54) is 0 Å².